The van der Waals surface area contributed by atoms with E-state index < -0.39 is 24.3 Å². The molecule has 0 saturated carbocycles. The Morgan fingerprint density at radius 1 is 1.12 bits per heavy atom. The van der Waals surface area contributed by atoms with E-state index in [-0.39, 0.29) is 0 Å². The zero-order valence-electron chi connectivity index (χ0n) is 13.9. The van der Waals surface area contributed by atoms with Crippen molar-refractivity contribution in [3.05, 3.63) is 65.5 Å². The molecule has 136 valence electrons. The van der Waals surface area contributed by atoms with E-state index in [9.17, 15) is 14.0 Å². The second-order valence-electron chi connectivity index (χ2n) is 5.68. The van der Waals surface area contributed by atoms with Crippen molar-refractivity contribution in [3.63, 3.8) is 0 Å². The van der Waals surface area contributed by atoms with Gasteiger partial charge < -0.3 is 10.1 Å². The third-order valence-corrected chi connectivity index (χ3v) is 6.70. The lowest BCUT2D eigenvalue weighted by Crippen LogP contribution is -2.21. The summed E-state index contributed by atoms with van der Waals surface area (Å²) in [5, 5.41) is 2.48. The van der Waals surface area contributed by atoms with Crippen molar-refractivity contribution in [3.8, 4) is 0 Å². The van der Waals surface area contributed by atoms with E-state index in [1.165, 1.54) is 30.2 Å². The lowest BCUT2D eigenvalue weighted by atomic mass is 10.1. The third kappa shape index (κ3) is 5.25. The number of amides is 1. The van der Waals surface area contributed by atoms with Crippen LogP contribution in [0.1, 0.15) is 26.9 Å². The highest BCUT2D eigenvalue weighted by Gasteiger charge is 2.17. The molecule has 0 radical (unpaired) electrons. The number of ether oxygens (including phenoxy) is 1. The number of halogens is 1. The number of nitrogens with one attached hydrogen (secondary N) is 1. The lowest BCUT2D eigenvalue weighted by Gasteiger charge is -2.21. The Morgan fingerprint density at radius 3 is 2.54 bits per heavy atom. The van der Waals surface area contributed by atoms with Gasteiger partial charge in [0.25, 0.3) is 5.91 Å². The standard InChI is InChI=1S/C19H18FNO3S2/c20-15-3-1-4-16(11-15)21-17(22)12-24-18(23)13-5-7-14(8-6-13)19-25-9-2-10-26-19/h1,3-8,11,19H,2,9-10,12H2,(H,21,22). The third-order valence-electron chi connectivity index (χ3n) is 3.69. The van der Waals surface area contributed by atoms with Crippen molar-refractivity contribution >= 4 is 41.1 Å². The number of esters is 1. The minimum atomic E-state index is -0.560. The van der Waals surface area contributed by atoms with Gasteiger partial charge in [-0.15, -0.1) is 23.5 Å². The van der Waals surface area contributed by atoms with E-state index in [0.29, 0.717) is 15.8 Å². The molecule has 0 aliphatic carbocycles. The van der Waals surface area contributed by atoms with Gasteiger partial charge in [-0.25, -0.2) is 9.18 Å². The zero-order chi connectivity index (χ0) is 18.4. The first kappa shape index (κ1) is 18.8. The van der Waals surface area contributed by atoms with Gasteiger partial charge in [-0.1, -0.05) is 18.2 Å². The van der Waals surface area contributed by atoms with E-state index in [0.717, 1.165) is 11.5 Å². The molecule has 0 bridgehead atoms. The molecule has 1 fully saturated rings. The van der Waals surface area contributed by atoms with Crippen LogP contribution in [-0.4, -0.2) is 30.0 Å². The molecule has 26 heavy (non-hydrogen) atoms. The Morgan fingerprint density at radius 2 is 1.85 bits per heavy atom. The molecule has 0 spiro atoms. The number of carbonyl (C=O) groups is 2. The summed E-state index contributed by atoms with van der Waals surface area (Å²) in [4.78, 5) is 23.9. The van der Waals surface area contributed by atoms with Gasteiger partial charge in [0, 0.05) is 5.69 Å². The summed E-state index contributed by atoms with van der Waals surface area (Å²) in [6.07, 6.45) is 1.23. The second kappa shape index (κ2) is 9.09. The van der Waals surface area contributed by atoms with Crippen molar-refractivity contribution in [1.29, 1.82) is 0 Å². The van der Waals surface area contributed by atoms with E-state index in [4.69, 9.17) is 4.74 Å². The Balaban J connectivity index is 1.50. The van der Waals surface area contributed by atoms with E-state index >= 15 is 0 Å². The maximum Gasteiger partial charge on any atom is 0.338 e. The highest BCUT2D eigenvalue weighted by Crippen LogP contribution is 2.43. The van der Waals surface area contributed by atoms with Crippen molar-refractivity contribution in [2.75, 3.05) is 23.4 Å². The monoisotopic (exact) mass is 391 g/mol. The molecule has 1 heterocycles. The fraction of sp³-hybridized carbons (Fsp3) is 0.263. The molecule has 1 aliphatic rings. The fourth-order valence-electron chi connectivity index (χ4n) is 2.43. The molecule has 1 amide bonds. The minimum absolute atomic E-state index is 0.317. The maximum absolute atomic E-state index is 13.1. The molecular formula is C19H18FNO3S2. The van der Waals surface area contributed by atoms with Gasteiger partial charge in [0.1, 0.15) is 5.82 Å². The molecule has 2 aromatic carbocycles. The van der Waals surface area contributed by atoms with Crippen LogP contribution >= 0.6 is 23.5 Å². The lowest BCUT2D eigenvalue weighted by molar-refractivity contribution is -0.119. The first-order chi connectivity index (χ1) is 12.6. The van der Waals surface area contributed by atoms with Crippen molar-refractivity contribution in [2.45, 2.75) is 11.0 Å². The summed E-state index contributed by atoms with van der Waals surface area (Å²) >= 11 is 3.83. The Hall–Kier alpha value is -1.99. The Labute approximate surface area is 159 Å². The number of hydrogen-bond acceptors (Lipinski definition) is 5. The van der Waals surface area contributed by atoms with Crippen LogP contribution in [0.5, 0.6) is 0 Å². The molecule has 0 aromatic heterocycles. The van der Waals surface area contributed by atoms with E-state index in [1.54, 1.807) is 18.2 Å². The van der Waals surface area contributed by atoms with Gasteiger partial charge in [-0.05, 0) is 53.8 Å². The molecule has 4 nitrogen and oxygen atoms in total. The maximum atomic E-state index is 13.1. The Kier molecular flexibility index (Phi) is 6.57. The van der Waals surface area contributed by atoms with Crippen LogP contribution in [-0.2, 0) is 9.53 Å². The summed E-state index contributed by atoms with van der Waals surface area (Å²) in [6, 6.07) is 12.8. The van der Waals surface area contributed by atoms with Crippen LogP contribution in [0.15, 0.2) is 48.5 Å². The minimum Gasteiger partial charge on any atom is -0.452 e. The Bertz CT molecular complexity index is 777. The van der Waals surface area contributed by atoms with Crippen LogP contribution in [0.4, 0.5) is 10.1 Å². The number of carbonyl (C=O) groups excluding carboxylic acids is 2. The molecular weight excluding hydrogens is 373 g/mol. The van der Waals surface area contributed by atoms with Gasteiger partial charge >= 0.3 is 5.97 Å². The second-order valence-corrected chi connectivity index (χ2v) is 8.41. The molecule has 1 N–H and O–H groups in total. The van der Waals surface area contributed by atoms with Crippen molar-refractivity contribution < 1.29 is 18.7 Å². The summed E-state index contributed by atoms with van der Waals surface area (Å²) in [5.74, 6) is 0.781. The van der Waals surface area contributed by atoms with Crippen LogP contribution in [0.25, 0.3) is 0 Å². The highest BCUT2D eigenvalue weighted by atomic mass is 32.2. The van der Waals surface area contributed by atoms with Gasteiger partial charge in [0.2, 0.25) is 0 Å². The van der Waals surface area contributed by atoms with Gasteiger partial charge in [-0.3, -0.25) is 4.79 Å². The average Bonchev–Trinajstić information content (AvgIpc) is 2.67. The number of benzene rings is 2. The molecule has 0 atom stereocenters. The van der Waals surface area contributed by atoms with E-state index in [1.807, 2.05) is 35.7 Å². The number of thioether (sulfide) groups is 2. The summed E-state index contributed by atoms with van der Waals surface area (Å²) in [7, 11) is 0. The average molecular weight is 391 g/mol. The van der Waals surface area contributed by atoms with Gasteiger partial charge in [0.05, 0.1) is 10.1 Å². The van der Waals surface area contributed by atoms with Gasteiger partial charge in [0.15, 0.2) is 6.61 Å². The number of hydrogen-bond donors (Lipinski definition) is 1. The van der Waals surface area contributed by atoms with Crippen molar-refractivity contribution in [1.82, 2.24) is 0 Å². The SMILES string of the molecule is O=C(COC(=O)c1ccc(C2SCCCS2)cc1)Nc1cccc(F)c1. The molecule has 1 aliphatic heterocycles. The summed E-state index contributed by atoms with van der Waals surface area (Å²) in [6.45, 7) is -0.425. The molecule has 3 rings (SSSR count). The van der Waals surface area contributed by atoms with Crippen molar-refractivity contribution in [2.24, 2.45) is 0 Å². The normalized spacial score (nSPS) is 14.7. The smallest absolute Gasteiger partial charge is 0.338 e. The quantitative estimate of drug-likeness (QED) is 0.761. The first-order valence-corrected chi connectivity index (χ1v) is 10.3. The van der Waals surface area contributed by atoms with Crippen LogP contribution in [0, 0.1) is 5.82 Å². The number of anilines is 1. The van der Waals surface area contributed by atoms with Crippen LogP contribution in [0.2, 0.25) is 0 Å². The van der Waals surface area contributed by atoms with Crippen LogP contribution < -0.4 is 5.32 Å². The number of rotatable bonds is 5. The molecule has 7 heteroatoms. The largest absolute Gasteiger partial charge is 0.452 e. The molecule has 0 unspecified atom stereocenters. The molecule has 1 saturated heterocycles. The fourth-order valence-corrected chi connectivity index (χ4v) is 5.33. The topological polar surface area (TPSA) is 55.4 Å². The predicted molar refractivity (Wildman–Crippen MR) is 104 cm³/mol. The zero-order valence-corrected chi connectivity index (χ0v) is 15.6. The molecule has 2 aromatic rings. The summed E-state index contributed by atoms with van der Waals surface area (Å²) < 4.78 is 18.5. The predicted octanol–water partition coefficient (Wildman–Crippen LogP) is 4.49. The first-order valence-electron chi connectivity index (χ1n) is 8.17. The summed E-state index contributed by atoms with van der Waals surface area (Å²) in [5.41, 5.74) is 1.90. The van der Waals surface area contributed by atoms with Gasteiger partial charge in [-0.2, -0.15) is 0 Å². The van der Waals surface area contributed by atoms with E-state index in [2.05, 4.69) is 5.32 Å². The van der Waals surface area contributed by atoms with Crippen LogP contribution in [0.3, 0.4) is 0 Å². The highest BCUT2D eigenvalue weighted by molar-refractivity contribution is 8.16.